The van der Waals surface area contributed by atoms with E-state index in [4.69, 9.17) is 9.15 Å². The molecule has 0 aliphatic carbocycles. The number of aryl methyl sites for hydroxylation is 1. The van der Waals surface area contributed by atoms with Crippen molar-refractivity contribution in [1.29, 1.82) is 0 Å². The Morgan fingerprint density at radius 1 is 1.10 bits per heavy atom. The maximum atomic E-state index is 13.0. The number of furan rings is 1. The van der Waals surface area contributed by atoms with Gasteiger partial charge in [0.05, 0.1) is 12.4 Å². The summed E-state index contributed by atoms with van der Waals surface area (Å²) in [4.78, 5) is 17.5. The number of carbonyl (C=O) groups excluding carboxylic acids is 1. The van der Waals surface area contributed by atoms with E-state index >= 15 is 0 Å². The molecule has 2 saturated heterocycles. The lowest BCUT2D eigenvalue weighted by Gasteiger charge is -2.35. The number of amides is 1. The van der Waals surface area contributed by atoms with Gasteiger partial charge in [0.25, 0.3) is 5.91 Å². The first kappa shape index (κ1) is 20.2. The smallest absolute Gasteiger partial charge is 0.289 e. The second-order valence-corrected chi connectivity index (χ2v) is 8.47. The van der Waals surface area contributed by atoms with E-state index in [0.717, 1.165) is 58.5 Å². The van der Waals surface area contributed by atoms with E-state index in [-0.39, 0.29) is 12.0 Å². The van der Waals surface area contributed by atoms with Crippen LogP contribution in [0.1, 0.15) is 47.4 Å². The molecule has 1 amide bonds. The SMILES string of the molecule is Cc1ccccc1CN1CCC(CN(C[C@@H]2CCCO2)C(=O)c2ccco2)CC1. The number of hydrogen-bond acceptors (Lipinski definition) is 4. The summed E-state index contributed by atoms with van der Waals surface area (Å²) in [6.07, 6.45) is 6.11. The Labute approximate surface area is 173 Å². The lowest BCUT2D eigenvalue weighted by atomic mass is 9.95. The van der Waals surface area contributed by atoms with Crippen LogP contribution >= 0.6 is 0 Å². The first-order chi connectivity index (χ1) is 14.2. The molecule has 0 N–H and O–H groups in total. The summed E-state index contributed by atoms with van der Waals surface area (Å²) >= 11 is 0. The zero-order chi connectivity index (χ0) is 20.1. The highest BCUT2D eigenvalue weighted by atomic mass is 16.5. The van der Waals surface area contributed by atoms with Crippen LogP contribution in [-0.4, -0.2) is 54.6 Å². The van der Waals surface area contributed by atoms with Crippen molar-refractivity contribution in [3.63, 3.8) is 0 Å². The highest BCUT2D eigenvalue weighted by molar-refractivity contribution is 5.91. The van der Waals surface area contributed by atoms with Crippen LogP contribution in [0.3, 0.4) is 0 Å². The second kappa shape index (κ2) is 9.59. The van der Waals surface area contributed by atoms with Gasteiger partial charge in [-0.15, -0.1) is 0 Å². The Kier molecular flexibility index (Phi) is 6.67. The maximum absolute atomic E-state index is 13.0. The normalized spacial score (nSPS) is 20.8. The summed E-state index contributed by atoms with van der Waals surface area (Å²) < 4.78 is 11.2. The molecule has 29 heavy (non-hydrogen) atoms. The molecule has 156 valence electrons. The van der Waals surface area contributed by atoms with E-state index in [9.17, 15) is 4.79 Å². The molecule has 5 nitrogen and oxygen atoms in total. The van der Waals surface area contributed by atoms with Crippen molar-refractivity contribution in [3.8, 4) is 0 Å². The van der Waals surface area contributed by atoms with Gasteiger partial charge in [-0.1, -0.05) is 24.3 Å². The molecule has 5 heteroatoms. The Morgan fingerprint density at radius 3 is 2.62 bits per heavy atom. The molecule has 1 aromatic heterocycles. The van der Waals surface area contributed by atoms with Gasteiger partial charge in [-0.05, 0) is 74.9 Å². The van der Waals surface area contributed by atoms with Crippen LogP contribution in [0.15, 0.2) is 47.1 Å². The number of benzene rings is 1. The van der Waals surface area contributed by atoms with Crippen molar-refractivity contribution in [3.05, 3.63) is 59.5 Å². The number of rotatable bonds is 7. The van der Waals surface area contributed by atoms with E-state index in [2.05, 4.69) is 36.1 Å². The Morgan fingerprint density at radius 2 is 1.93 bits per heavy atom. The van der Waals surface area contributed by atoms with Crippen molar-refractivity contribution in [2.24, 2.45) is 5.92 Å². The molecule has 0 spiro atoms. The third kappa shape index (κ3) is 5.28. The van der Waals surface area contributed by atoms with E-state index in [1.165, 1.54) is 11.1 Å². The molecule has 1 aromatic carbocycles. The third-order valence-electron chi connectivity index (χ3n) is 6.31. The van der Waals surface area contributed by atoms with E-state index in [1.54, 1.807) is 18.4 Å². The lowest BCUT2D eigenvalue weighted by molar-refractivity contribution is 0.0422. The Balaban J connectivity index is 1.33. The standard InChI is InChI=1S/C24H32N2O3/c1-19-6-2-3-7-21(19)17-25-12-10-20(11-13-25)16-26(18-22-8-4-14-28-22)24(27)23-9-5-15-29-23/h2-3,5-7,9,15,20,22H,4,8,10-14,16-18H2,1H3/t22-/m0/s1. The molecule has 3 heterocycles. The maximum Gasteiger partial charge on any atom is 0.289 e. The number of hydrogen-bond donors (Lipinski definition) is 0. The van der Waals surface area contributed by atoms with Crippen molar-refractivity contribution in [1.82, 2.24) is 9.80 Å². The van der Waals surface area contributed by atoms with Gasteiger partial charge in [0.15, 0.2) is 5.76 Å². The van der Waals surface area contributed by atoms with E-state index < -0.39 is 0 Å². The third-order valence-corrected chi connectivity index (χ3v) is 6.31. The second-order valence-electron chi connectivity index (χ2n) is 8.47. The van der Waals surface area contributed by atoms with Gasteiger partial charge in [0, 0.05) is 26.2 Å². The molecule has 2 aromatic rings. The predicted octanol–water partition coefficient (Wildman–Crippen LogP) is 4.12. The number of piperidine rings is 1. The highest BCUT2D eigenvalue weighted by Gasteiger charge is 2.28. The minimum atomic E-state index is -0.00663. The molecule has 1 atom stereocenters. The Hall–Kier alpha value is -2.11. The summed E-state index contributed by atoms with van der Waals surface area (Å²) in [5.41, 5.74) is 2.78. The number of carbonyl (C=O) groups is 1. The summed E-state index contributed by atoms with van der Waals surface area (Å²) in [6.45, 7) is 7.64. The van der Waals surface area contributed by atoms with Crippen LogP contribution in [0, 0.1) is 12.8 Å². The molecular weight excluding hydrogens is 364 g/mol. The van der Waals surface area contributed by atoms with Crippen molar-refractivity contribution in [2.75, 3.05) is 32.8 Å². The molecule has 2 fully saturated rings. The van der Waals surface area contributed by atoms with Crippen LogP contribution < -0.4 is 0 Å². The van der Waals surface area contributed by atoms with Gasteiger partial charge in [-0.2, -0.15) is 0 Å². The number of likely N-dealkylation sites (tertiary alicyclic amines) is 1. The Bertz CT molecular complexity index is 775. The topological polar surface area (TPSA) is 45.9 Å². The minimum absolute atomic E-state index is 0.00663. The monoisotopic (exact) mass is 396 g/mol. The molecule has 2 aliphatic heterocycles. The molecule has 0 bridgehead atoms. The average Bonchev–Trinajstić information content (AvgIpc) is 3.44. The van der Waals surface area contributed by atoms with Gasteiger partial charge in [-0.25, -0.2) is 0 Å². The van der Waals surface area contributed by atoms with Crippen LogP contribution in [0.4, 0.5) is 0 Å². The van der Waals surface area contributed by atoms with Crippen LogP contribution in [0.25, 0.3) is 0 Å². The molecule has 4 rings (SSSR count). The van der Waals surface area contributed by atoms with Gasteiger partial charge < -0.3 is 14.1 Å². The van der Waals surface area contributed by atoms with Crippen LogP contribution in [-0.2, 0) is 11.3 Å². The van der Waals surface area contributed by atoms with Crippen molar-refractivity contribution >= 4 is 5.91 Å². The van der Waals surface area contributed by atoms with E-state index in [0.29, 0.717) is 18.2 Å². The quantitative estimate of drug-likeness (QED) is 0.706. The van der Waals surface area contributed by atoms with Crippen LogP contribution in [0.5, 0.6) is 0 Å². The first-order valence-electron chi connectivity index (χ1n) is 10.9. The predicted molar refractivity (Wildman–Crippen MR) is 113 cm³/mol. The summed E-state index contributed by atoms with van der Waals surface area (Å²) in [6, 6.07) is 12.2. The van der Waals surface area contributed by atoms with Crippen molar-refractivity contribution < 1.29 is 13.9 Å². The average molecular weight is 397 g/mol. The van der Waals surface area contributed by atoms with Crippen LogP contribution in [0.2, 0.25) is 0 Å². The van der Waals surface area contributed by atoms with Gasteiger partial charge in [0.2, 0.25) is 0 Å². The minimum Gasteiger partial charge on any atom is -0.459 e. The van der Waals surface area contributed by atoms with Gasteiger partial charge >= 0.3 is 0 Å². The fraction of sp³-hybridized carbons (Fsp3) is 0.542. The fourth-order valence-electron chi connectivity index (χ4n) is 4.50. The summed E-state index contributed by atoms with van der Waals surface area (Å²) in [7, 11) is 0. The molecule has 2 aliphatic rings. The first-order valence-corrected chi connectivity index (χ1v) is 10.9. The zero-order valence-corrected chi connectivity index (χ0v) is 17.4. The zero-order valence-electron chi connectivity index (χ0n) is 17.4. The number of nitrogens with zero attached hydrogens (tertiary/aromatic N) is 2. The molecule has 0 radical (unpaired) electrons. The largest absolute Gasteiger partial charge is 0.459 e. The van der Waals surface area contributed by atoms with E-state index in [1.807, 2.05) is 4.90 Å². The van der Waals surface area contributed by atoms with Gasteiger partial charge in [-0.3, -0.25) is 9.69 Å². The number of ether oxygens (including phenoxy) is 1. The molecule has 0 unspecified atom stereocenters. The summed E-state index contributed by atoms with van der Waals surface area (Å²) in [5.74, 6) is 0.955. The van der Waals surface area contributed by atoms with Crippen molar-refractivity contribution in [2.45, 2.75) is 45.3 Å². The highest BCUT2D eigenvalue weighted by Crippen LogP contribution is 2.23. The summed E-state index contributed by atoms with van der Waals surface area (Å²) in [5, 5.41) is 0. The molecular formula is C24H32N2O3. The van der Waals surface area contributed by atoms with Gasteiger partial charge in [0.1, 0.15) is 0 Å². The lowest BCUT2D eigenvalue weighted by Crippen LogP contribution is -2.43. The fourth-order valence-corrected chi connectivity index (χ4v) is 4.50. The molecule has 0 saturated carbocycles.